The number of halogens is 2. The third-order valence-corrected chi connectivity index (χ3v) is 3.37. The average molecular weight is 345 g/mol. The predicted molar refractivity (Wildman–Crippen MR) is 82.8 cm³/mol. The Labute approximate surface area is 141 Å². The molecule has 8 heteroatoms. The number of nitrogens with two attached hydrogens (primary N) is 1. The molecule has 0 aliphatic carbocycles. The zero-order valence-corrected chi connectivity index (χ0v) is 12.9. The number of ether oxygens (including phenoxy) is 1. The van der Waals surface area contributed by atoms with Crippen molar-refractivity contribution in [2.75, 3.05) is 0 Å². The van der Waals surface area contributed by atoms with Gasteiger partial charge in [-0.05, 0) is 17.7 Å². The Morgan fingerprint density at radius 2 is 1.92 bits per heavy atom. The minimum atomic E-state index is -1.22. The van der Waals surface area contributed by atoms with Gasteiger partial charge in [-0.1, -0.05) is 35.5 Å². The van der Waals surface area contributed by atoms with Gasteiger partial charge in [-0.2, -0.15) is 4.98 Å². The zero-order valence-electron chi connectivity index (χ0n) is 12.9. The van der Waals surface area contributed by atoms with Gasteiger partial charge in [0.05, 0.1) is 0 Å². The van der Waals surface area contributed by atoms with E-state index in [-0.39, 0.29) is 18.2 Å². The number of primary amides is 1. The first kappa shape index (κ1) is 16.6. The van der Waals surface area contributed by atoms with Gasteiger partial charge in [0.25, 0.3) is 11.8 Å². The molecule has 1 heterocycles. The molecule has 2 aromatic carbocycles. The highest BCUT2D eigenvalue weighted by molar-refractivity contribution is 5.93. The van der Waals surface area contributed by atoms with Crippen molar-refractivity contribution in [2.24, 2.45) is 5.73 Å². The Morgan fingerprint density at radius 3 is 2.64 bits per heavy atom. The number of carbonyl (C=O) groups is 1. The largest absolute Gasteiger partial charge is 0.481 e. The third-order valence-electron chi connectivity index (χ3n) is 3.37. The summed E-state index contributed by atoms with van der Waals surface area (Å²) in [5, 5.41) is 3.81. The molecule has 0 spiro atoms. The highest BCUT2D eigenvalue weighted by Crippen LogP contribution is 2.23. The normalized spacial score (nSPS) is 10.6. The van der Waals surface area contributed by atoms with Gasteiger partial charge in [0.15, 0.2) is 24.0 Å². The molecule has 6 nitrogen and oxygen atoms in total. The number of nitrogens with zero attached hydrogens (tertiary/aromatic N) is 2. The van der Waals surface area contributed by atoms with Gasteiger partial charge in [-0.25, -0.2) is 8.78 Å². The summed E-state index contributed by atoms with van der Waals surface area (Å²) in [6, 6.07) is 11.5. The second kappa shape index (κ2) is 7.08. The molecule has 3 aromatic rings. The van der Waals surface area contributed by atoms with Crippen molar-refractivity contribution in [3.05, 3.63) is 76.9 Å². The summed E-state index contributed by atoms with van der Waals surface area (Å²) < 4.78 is 37.7. The number of amides is 1. The van der Waals surface area contributed by atoms with Crippen LogP contribution in [-0.4, -0.2) is 16.0 Å². The Hall–Kier alpha value is -3.29. The smallest absolute Gasteiger partial charge is 0.264 e. The van der Waals surface area contributed by atoms with Crippen molar-refractivity contribution in [1.29, 1.82) is 0 Å². The fourth-order valence-electron chi connectivity index (χ4n) is 2.21. The van der Waals surface area contributed by atoms with E-state index in [0.717, 1.165) is 17.7 Å². The quantitative estimate of drug-likeness (QED) is 0.741. The molecule has 0 radical (unpaired) electrons. The molecule has 3 rings (SSSR count). The topological polar surface area (TPSA) is 91.2 Å². The lowest BCUT2D eigenvalue weighted by molar-refractivity contribution is 0.0991. The van der Waals surface area contributed by atoms with E-state index in [4.69, 9.17) is 15.0 Å². The Bertz CT molecular complexity index is 897. The van der Waals surface area contributed by atoms with Crippen LogP contribution in [0.3, 0.4) is 0 Å². The van der Waals surface area contributed by atoms with E-state index in [1.165, 1.54) is 0 Å². The monoisotopic (exact) mass is 345 g/mol. The van der Waals surface area contributed by atoms with Crippen LogP contribution in [0.25, 0.3) is 0 Å². The van der Waals surface area contributed by atoms with Crippen LogP contribution >= 0.6 is 0 Å². The number of benzene rings is 2. The Kier molecular flexibility index (Phi) is 4.69. The van der Waals surface area contributed by atoms with E-state index >= 15 is 0 Å². The van der Waals surface area contributed by atoms with Gasteiger partial charge in [-0.15, -0.1) is 0 Å². The minimum absolute atomic E-state index is 0.121. The summed E-state index contributed by atoms with van der Waals surface area (Å²) in [5.41, 5.74) is 5.10. The average Bonchev–Trinajstić information content (AvgIpc) is 3.02. The molecule has 0 aliphatic heterocycles. The number of hydrogen-bond acceptors (Lipinski definition) is 5. The summed E-state index contributed by atoms with van der Waals surface area (Å²) in [6.45, 7) is -0.234. The lowest BCUT2D eigenvalue weighted by Gasteiger charge is -2.07. The second-order valence-corrected chi connectivity index (χ2v) is 5.15. The molecule has 0 atom stereocenters. The van der Waals surface area contributed by atoms with Crippen molar-refractivity contribution < 1.29 is 22.8 Å². The molecule has 0 bridgehead atoms. The van der Waals surface area contributed by atoms with Crippen LogP contribution in [0.15, 0.2) is 47.0 Å². The van der Waals surface area contributed by atoms with Gasteiger partial charge in [0.1, 0.15) is 11.4 Å². The molecule has 128 valence electrons. The molecular formula is C17H13F2N3O3. The number of aromatic nitrogens is 2. The first-order valence-electron chi connectivity index (χ1n) is 7.30. The van der Waals surface area contributed by atoms with Crippen LogP contribution in [0.2, 0.25) is 0 Å². The summed E-state index contributed by atoms with van der Waals surface area (Å²) in [6.07, 6.45) is 0.473. The number of rotatable bonds is 6. The molecule has 0 saturated carbocycles. The van der Waals surface area contributed by atoms with Crippen LogP contribution in [-0.2, 0) is 13.0 Å². The van der Waals surface area contributed by atoms with Crippen LogP contribution < -0.4 is 10.5 Å². The lowest BCUT2D eigenvalue weighted by atomic mass is 10.1. The van der Waals surface area contributed by atoms with Crippen molar-refractivity contribution in [2.45, 2.75) is 13.0 Å². The molecule has 0 fully saturated rings. The second-order valence-electron chi connectivity index (χ2n) is 5.15. The lowest BCUT2D eigenvalue weighted by Crippen LogP contribution is -2.16. The van der Waals surface area contributed by atoms with Gasteiger partial charge in [0, 0.05) is 6.42 Å². The maximum Gasteiger partial charge on any atom is 0.264 e. The van der Waals surface area contributed by atoms with E-state index < -0.39 is 23.1 Å². The van der Waals surface area contributed by atoms with Crippen LogP contribution in [0, 0.1) is 11.6 Å². The highest BCUT2D eigenvalue weighted by atomic mass is 19.1. The molecule has 1 aromatic heterocycles. The Balaban J connectivity index is 1.69. The van der Waals surface area contributed by atoms with E-state index in [2.05, 4.69) is 10.1 Å². The number of hydrogen-bond donors (Lipinski definition) is 1. The molecular weight excluding hydrogens is 332 g/mol. The molecule has 0 aliphatic rings. The SMILES string of the molecule is NC(=O)c1c(F)ccc(OCc2nc(Cc3ccccc3)no2)c1F. The summed E-state index contributed by atoms with van der Waals surface area (Å²) >= 11 is 0. The van der Waals surface area contributed by atoms with E-state index in [1.807, 2.05) is 30.3 Å². The van der Waals surface area contributed by atoms with Crippen molar-refractivity contribution in [3.63, 3.8) is 0 Å². The van der Waals surface area contributed by atoms with Gasteiger partial charge in [-0.3, -0.25) is 4.79 Å². The molecule has 25 heavy (non-hydrogen) atoms. The minimum Gasteiger partial charge on any atom is -0.481 e. The third kappa shape index (κ3) is 3.79. The van der Waals surface area contributed by atoms with Gasteiger partial charge < -0.3 is 15.0 Å². The fraction of sp³-hybridized carbons (Fsp3) is 0.118. The Morgan fingerprint density at radius 1 is 1.16 bits per heavy atom. The summed E-state index contributed by atoms with van der Waals surface area (Å²) in [4.78, 5) is 15.2. The maximum absolute atomic E-state index is 14.0. The summed E-state index contributed by atoms with van der Waals surface area (Å²) in [5.74, 6) is -3.21. The van der Waals surface area contributed by atoms with Crippen LogP contribution in [0.4, 0.5) is 8.78 Å². The van der Waals surface area contributed by atoms with Gasteiger partial charge in [0.2, 0.25) is 0 Å². The predicted octanol–water partition coefficient (Wildman–Crippen LogP) is 2.62. The van der Waals surface area contributed by atoms with Crippen molar-refractivity contribution >= 4 is 5.91 Å². The van der Waals surface area contributed by atoms with Crippen LogP contribution in [0.1, 0.15) is 27.6 Å². The van der Waals surface area contributed by atoms with Crippen molar-refractivity contribution in [1.82, 2.24) is 10.1 Å². The molecule has 1 amide bonds. The summed E-state index contributed by atoms with van der Waals surface area (Å²) in [7, 11) is 0. The van der Waals surface area contributed by atoms with E-state index in [9.17, 15) is 13.6 Å². The van der Waals surface area contributed by atoms with E-state index in [0.29, 0.717) is 12.2 Å². The van der Waals surface area contributed by atoms with E-state index in [1.54, 1.807) is 0 Å². The molecule has 0 saturated heterocycles. The highest BCUT2D eigenvalue weighted by Gasteiger charge is 2.19. The molecule has 0 unspecified atom stereocenters. The fourth-order valence-corrected chi connectivity index (χ4v) is 2.21. The zero-order chi connectivity index (χ0) is 17.8. The van der Waals surface area contributed by atoms with Crippen molar-refractivity contribution in [3.8, 4) is 5.75 Å². The standard InChI is InChI=1S/C17H13F2N3O3/c18-11-6-7-12(16(19)15(11)17(20)23)24-9-14-21-13(22-25-14)8-10-4-2-1-3-5-10/h1-7H,8-9H2,(H2,20,23). The van der Waals surface area contributed by atoms with Crippen LogP contribution in [0.5, 0.6) is 5.75 Å². The van der Waals surface area contributed by atoms with Gasteiger partial charge >= 0.3 is 0 Å². The number of carbonyl (C=O) groups excluding carboxylic acids is 1. The molecule has 2 N–H and O–H groups in total. The first-order chi connectivity index (χ1) is 12.0. The maximum atomic E-state index is 14.0. The first-order valence-corrected chi connectivity index (χ1v) is 7.30.